The van der Waals surface area contributed by atoms with Gasteiger partial charge in [0.15, 0.2) is 17.5 Å². The van der Waals surface area contributed by atoms with Crippen LogP contribution in [-0.4, -0.2) is 19.5 Å². The Morgan fingerprint density at radius 2 is 0.979 bits per heavy atom. The van der Waals surface area contributed by atoms with Crippen molar-refractivity contribution >= 4 is 64.1 Å². The van der Waals surface area contributed by atoms with Crippen molar-refractivity contribution in [2.75, 3.05) is 0 Å². The van der Waals surface area contributed by atoms with Gasteiger partial charge < -0.3 is 4.57 Å². The van der Waals surface area contributed by atoms with Crippen LogP contribution >= 0.6 is 11.3 Å². The molecule has 0 saturated carbocycles. The molecule has 0 N–H and O–H groups in total. The first-order valence-corrected chi connectivity index (χ1v) is 16.9. The Bertz CT molecular complexity index is 2780. The molecule has 0 amide bonds. The van der Waals surface area contributed by atoms with E-state index in [0.29, 0.717) is 17.5 Å². The van der Waals surface area contributed by atoms with Crippen LogP contribution in [0.15, 0.2) is 158 Å². The minimum atomic E-state index is 0.663. The average Bonchev–Trinajstić information content (AvgIpc) is 3.72. The summed E-state index contributed by atoms with van der Waals surface area (Å²) in [6, 6.07) is 55.4. The lowest BCUT2D eigenvalue weighted by Crippen LogP contribution is -2.00. The Labute approximate surface area is 280 Å². The van der Waals surface area contributed by atoms with E-state index >= 15 is 0 Å². The summed E-state index contributed by atoms with van der Waals surface area (Å²) in [4.78, 5) is 15.1. The van der Waals surface area contributed by atoms with Crippen molar-refractivity contribution in [2.24, 2.45) is 0 Å². The lowest BCUT2D eigenvalue weighted by atomic mass is 10.0. The van der Waals surface area contributed by atoms with Crippen LogP contribution in [0.2, 0.25) is 0 Å². The van der Waals surface area contributed by atoms with E-state index in [1.54, 1.807) is 0 Å². The van der Waals surface area contributed by atoms with Gasteiger partial charge in [0.05, 0.1) is 21.4 Å². The molecular formula is C43H26N4S. The van der Waals surface area contributed by atoms with E-state index in [1.807, 2.05) is 47.7 Å². The quantitative estimate of drug-likeness (QED) is 0.194. The maximum Gasteiger partial charge on any atom is 0.165 e. The lowest BCUT2D eigenvalue weighted by molar-refractivity contribution is 1.08. The fourth-order valence-electron chi connectivity index (χ4n) is 7.09. The van der Waals surface area contributed by atoms with Gasteiger partial charge in [-0.1, -0.05) is 133 Å². The molecule has 0 unspecified atom stereocenters. The van der Waals surface area contributed by atoms with Crippen molar-refractivity contribution in [3.63, 3.8) is 0 Å². The Morgan fingerprint density at radius 3 is 1.73 bits per heavy atom. The highest BCUT2D eigenvalue weighted by Gasteiger charge is 2.20. The number of nitrogens with zero attached hydrogens (tertiary/aromatic N) is 4. The highest BCUT2D eigenvalue weighted by molar-refractivity contribution is 7.26. The molecule has 0 atom stereocenters. The van der Waals surface area contributed by atoms with Crippen LogP contribution in [0.3, 0.4) is 0 Å². The second-order valence-electron chi connectivity index (χ2n) is 12.0. The monoisotopic (exact) mass is 630 g/mol. The molecule has 10 aromatic rings. The third-order valence-electron chi connectivity index (χ3n) is 9.25. The van der Waals surface area contributed by atoms with Crippen LogP contribution in [0.4, 0.5) is 0 Å². The molecule has 0 bridgehead atoms. The van der Waals surface area contributed by atoms with Crippen molar-refractivity contribution in [3.05, 3.63) is 158 Å². The molecule has 0 saturated heterocycles. The van der Waals surface area contributed by atoms with Crippen LogP contribution in [0.25, 0.3) is 92.6 Å². The molecule has 7 aromatic carbocycles. The Kier molecular flexibility index (Phi) is 6.01. The average molecular weight is 631 g/mol. The van der Waals surface area contributed by atoms with Gasteiger partial charge >= 0.3 is 0 Å². The third-order valence-corrected chi connectivity index (χ3v) is 10.5. The van der Waals surface area contributed by atoms with Gasteiger partial charge in [-0.3, -0.25) is 0 Å². The molecule has 224 valence electrons. The van der Waals surface area contributed by atoms with E-state index in [1.165, 1.54) is 53.7 Å². The highest BCUT2D eigenvalue weighted by atomic mass is 32.1. The van der Waals surface area contributed by atoms with Crippen LogP contribution < -0.4 is 0 Å². The summed E-state index contributed by atoms with van der Waals surface area (Å²) in [5.74, 6) is 2.00. The Hall–Kier alpha value is -6.17. The fraction of sp³-hybridized carbons (Fsp3) is 0. The first kappa shape index (κ1) is 27.0. The molecule has 0 fully saturated rings. The minimum absolute atomic E-state index is 0.663. The molecule has 3 aromatic heterocycles. The van der Waals surface area contributed by atoms with E-state index in [2.05, 4.69) is 126 Å². The van der Waals surface area contributed by atoms with Gasteiger partial charge in [-0.05, 0) is 35.0 Å². The van der Waals surface area contributed by atoms with Crippen molar-refractivity contribution in [1.82, 2.24) is 19.5 Å². The molecule has 0 aliphatic carbocycles. The summed E-state index contributed by atoms with van der Waals surface area (Å²) >= 11 is 1.81. The molecule has 0 radical (unpaired) electrons. The first-order valence-electron chi connectivity index (χ1n) is 16.0. The van der Waals surface area contributed by atoms with Gasteiger partial charge in [0.25, 0.3) is 0 Å². The van der Waals surface area contributed by atoms with E-state index < -0.39 is 0 Å². The molecule has 48 heavy (non-hydrogen) atoms. The van der Waals surface area contributed by atoms with Gasteiger partial charge in [-0.15, -0.1) is 11.3 Å². The van der Waals surface area contributed by atoms with Gasteiger partial charge in [-0.25, -0.2) is 15.0 Å². The Balaban J connectivity index is 1.25. The number of aromatic nitrogens is 4. The third kappa shape index (κ3) is 4.11. The zero-order chi connectivity index (χ0) is 31.6. The smallest absolute Gasteiger partial charge is 0.165 e. The van der Waals surface area contributed by atoms with Crippen LogP contribution in [-0.2, 0) is 0 Å². The maximum atomic E-state index is 5.08. The largest absolute Gasteiger partial charge is 0.308 e. The predicted octanol–water partition coefficient (Wildman–Crippen LogP) is 11.5. The summed E-state index contributed by atoms with van der Waals surface area (Å²) in [5.41, 5.74) is 6.51. The number of benzene rings is 7. The molecule has 5 heteroatoms. The van der Waals surface area contributed by atoms with Gasteiger partial charge in [-0.2, -0.15) is 0 Å². The molecular weight excluding hydrogens is 605 g/mol. The SMILES string of the molecule is c1ccc(-c2nc(-c3ccccc3)nc(-c3cccc4c3sc3c(-n5c6ccccc6c6c7ccccc7ccc65)cccc34)n2)cc1. The van der Waals surface area contributed by atoms with Crippen LogP contribution in [0, 0.1) is 0 Å². The van der Waals surface area contributed by atoms with Gasteiger partial charge in [0, 0.05) is 42.9 Å². The predicted molar refractivity (Wildman–Crippen MR) is 201 cm³/mol. The number of para-hydroxylation sites is 1. The van der Waals surface area contributed by atoms with Gasteiger partial charge in [0.2, 0.25) is 0 Å². The number of thiophene rings is 1. The number of rotatable bonds is 4. The first-order chi connectivity index (χ1) is 23.8. The summed E-state index contributed by atoms with van der Waals surface area (Å²) < 4.78 is 4.84. The zero-order valence-corrected chi connectivity index (χ0v) is 26.5. The summed E-state index contributed by atoms with van der Waals surface area (Å²) in [6.07, 6.45) is 0. The topological polar surface area (TPSA) is 43.6 Å². The second kappa shape index (κ2) is 10.7. The molecule has 4 nitrogen and oxygen atoms in total. The van der Waals surface area contributed by atoms with Crippen molar-refractivity contribution < 1.29 is 0 Å². The van der Waals surface area contributed by atoms with Crippen molar-refractivity contribution in [2.45, 2.75) is 0 Å². The standard InChI is InChI=1S/C43H26N4S/c1-3-14-28(15-4-1)41-44-42(29-16-5-2-6-17-29)46-43(45-41)34-22-11-20-31-32-21-12-24-37(40(32)48-39(31)34)47-35-23-10-9-19-33(35)38-30-18-8-7-13-27(30)25-26-36(38)47/h1-26H. The van der Waals surface area contributed by atoms with E-state index in [0.717, 1.165) is 21.4 Å². The van der Waals surface area contributed by atoms with E-state index in [9.17, 15) is 0 Å². The Morgan fingerprint density at radius 1 is 0.396 bits per heavy atom. The maximum absolute atomic E-state index is 5.08. The molecule has 3 heterocycles. The molecule has 0 aliphatic heterocycles. The lowest BCUT2D eigenvalue weighted by Gasteiger charge is -2.09. The number of hydrogen-bond acceptors (Lipinski definition) is 4. The highest BCUT2D eigenvalue weighted by Crippen LogP contribution is 2.44. The summed E-state index contributed by atoms with van der Waals surface area (Å²) in [7, 11) is 0. The van der Waals surface area contributed by atoms with Crippen molar-refractivity contribution in [1.29, 1.82) is 0 Å². The second-order valence-corrected chi connectivity index (χ2v) is 13.0. The van der Waals surface area contributed by atoms with Crippen LogP contribution in [0.1, 0.15) is 0 Å². The fourth-order valence-corrected chi connectivity index (χ4v) is 8.40. The molecule has 0 spiro atoms. The minimum Gasteiger partial charge on any atom is -0.308 e. The van der Waals surface area contributed by atoms with Crippen molar-refractivity contribution in [3.8, 4) is 39.9 Å². The molecule has 0 aliphatic rings. The van der Waals surface area contributed by atoms with Crippen LogP contribution in [0.5, 0.6) is 0 Å². The van der Waals surface area contributed by atoms with E-state index in [-0.39, 0.29) is 0 Å². The van der Waals surface area contributed by atoms with E-state index in [4.69, 9.17) is 15.0 Å². The zero-order valence-electron chi connectivity index (χ0n) is 25.7. The van der Waals surface area contributed by atoms with Gasteiger partial charge in [0.1, 0.15) is 0 Å². The number of hydrogen-bond donors (Lipinski definition) is 0. The summed E-state index contributed by atoms with van der Waals surface area (Å²) in [5, 5.41) is 7.49. The number of fused-ring (bicyclic) bond motifs is 8. The molecule has 10 rings (SSSR count). The summed E-state index contributed by atoms with van der Waals surface area (Å²) in [6.45, 7) is 0. The normalized spacial score (nSPS) is 11.8.